The number of hydrogen-bond donors (Lipinski definition) is 1. The molecular formula is C9H17ClN2O. The second-order valence-electron chi connectivity index (χ2n) is 3.53. The van der Waals surface area contributed by atoms with Crippen LogP contribution in [0.5, 0.6) is 0 Å². The Morgan fingerprint density at radius 3 is 2.69 bits per heavy atom. The number of rotatable bonds is 4. The first-order valence-corrected chi connectivity index (χ1v) is 5.34. The summed E-state index contributed by atoms with van der Waals surface area (Å²) in [5, 5.41) is 2.80. The highest BCUT2D eigenvalue weighted by Crippen LogP contribution is 2.10. The van der Waals surface area contributed by atoms with E-state index in [1.165, 1.54) is 12.8 Å². The van der Waals surface area contributed by atoms with Gasteiger partial charge in [-0.05, 0) is 32.9 Å². The number of alkyl halides is 1. The number of likely N-dealkylation sites (tertiary alicyclic amines) is 1. The number of amides is 1. The zero-order valence-corrected chi connectivity index (χ0v) is 8.81. The molecule has 1 aliphatic heterocycles. The summed E-state index contributed by atoms with van der Waals surface area (Å²) in [5.74, 6) is -0.0140. The Hall–Kier alpha value is -0.280. The van der Waals surface area contributed by atoms with E-state index in [-0.39, 0.29) is 11.8 Å². The van der Waals surface area contributed by atoms with Gasteiger partial charge in [0.15, 0.2) is 0 Å². The second-order valence-corrected chi connectivity index (χ2v) is 3.80. The maximum Gasteiger partial charge on any atom is 0.234 e. The van der Waals surface area contributed by atoms with Crippen LogP contribution in [-0.2, 0) is 4.79 Å². The topological polar surface area (TPSA) is 32.3 Å². The lowest BCUT2D eigenvalue weighted by Gasteiger charge is -2.23. The van der Waals surface area contributed by atoms with Crippen LogP contribution in [0.3, 0.4) is 0 Å². The lowest BCUT2D eigenvalue weighted by Crippen LogP contribution is -2.41. The molecule has 1 aliphatic rings. The predicted molar refractivity (Wildman–Crippen MR) is 54.0 cm³/mol. The van der Waals surface area contributed by atoms with Crippen molar-refractivity contribution >= 4 is 17.5 Å². The van der Waals surface area contributed by atoms with Crippen LogP contribution in [0.2, 0.25) is 0 Å². The number of nitrogens with zero attached hydrogens (tertiary/aromatic N) is 1. The summed E-state index contributed by atoms with van der Waals surface area (Å²) in [7, 11) is 0. The lowest BCUT2D eigenvalue weighted by atomic mass is 10.3. The van der Waals surface area contributed by atoms with Gasteiger partial charge in [0, 0.05) is 12.6 Å². The van der Waals surface area contributed by atoms with E-state index in [0.29, 0.717) is 12.6 Å². The summed E-state index contributed by atoms with van der Waals surface area (Å²) in [6, 6.07) is 0.440. The molecule has 1 N–H and O–H groups in total. The average Bonchev–Trinajstić information content (AvgIpc) is 2.66. The van der Waals surface area contributed by atoms with Crippen molar-refractivity contribution in [2.45, 2.75) is 25.8 Å². The molecule has 0 radical (unpaired) electrons. The molecule has 0 saturated carbocycles. The molecule has 0 aromatic rings. The fourth-order valence-electron chi connectivity index (χ4n) is 1.62. The van der Waals surface area contributed by atoms with E-state index in [2.05, 4.69) is 17.1 Å². The molecule has 3 nitrogen and oxygen atoms in total. The van der Waals surface area contributed by atoms with E-state index in [0.717, 1.165) is 13.1 Å². The van der Waals surface area contributed by atoms with Gasteiger partial charge in [0.2, 0.25) is 5.91 Å². The number of halogens is 1. The normalized spacial score (nSPS) is 20.2. The van der Waals surface area contributed by atoms with E-state index in [1.54, 1.807) is 0 Å². The first kappa shape index (κ1) is 10.8. The summed E-state index contributed by atoms with van der Waals surface area (Å²) in [4.78, 5) is 13.3. The van der Waals surface area contributed by atoms with Crippen molar-refractivity contribution in [2.75, 3.05) is 25.5 Å². The first-order valence-electron chi connectivity index (χ1n) is 4.80. The Balaban J connectivity index is 2.16. The van der Waals surface area contributed by atoms with Crippen molar-refractivity contribution in [3.8, 4) is 0 Å². The van der Waals surface area contributed by atoms with Gasteiger partial charge < -0.3 is 5.32 Å². The van der Waals surface area contributed by atoms with Crippen molar-refractivity contribution in [2.24, 2.45) is 0 Å². The minimum Gasteiger partial charge on any atom is -0.354 e. The molecule has 0 aromatic heterocycles. The van der Waals surface area contributed by atoms with Crippen molar-refractivity contribution < 1.29 is 4.79 Å². The van der Waals surface area contributed by atoms with Crippen LogP contribution in [0.25, 0.3) is 0 Å². The fourth-order valence-corrected chi connectivity index (χ4v) is 1.71. The standard InChI is InChI=1S/C9H17ClN2O/c1-8(7-11-9(13)6-10)12-4-2-3-5-12/h8H,2-7H2,1H3,(H,11,13). The first-order chi connectivity index (χ1) is 6.24. The molecule has 0 spiro atoms. The van der Waals surface area contributed by atoms with Gasteiger partial charge in [-0.2, -0.15) is 0 Å². The summed E-state index contributed by atoms with van der Waals surface area (Å²) in [6.45, 7) is 5.18. The molecule has 13 heavy (non-hydrogen) atoms. The van der Waals surface area contributed by atoms with Crippen molar-refractivity contribution in [3.63, 3.8) is 0 Å². The Bertz CT molecular complexity index is 169. The molecular weight excluding hydrogens is 188 g/mol. The molecule has 0 aliphatic carbocycles. The molecule has 1 fully saturated rings. The lowest BCUT2D eigenvalue weighted by molar-refractivity contribution is -0.118. The summed E-state index contributed by atoms with van der Waals surface area (Å²) in [6.07, 6.45) is 2.57. The number of nitrogens with one attached hydrogen (secondary N) is 1. The van der Waals surface area contributed by atoms with Gasteiger partial charge in [0.05, 0.1) is 0 Å². The van der Waals surface area contributed by atoms with Gasteiger partial charge in [-0.15, -0.1) is 11.6 Å². The highest BCUT2D eigenvalue weighted by Gasteiger charge is 2.17. The monoisotopic (exact) mass is 204 g/mol. The number of carbonyl (C=O) groups excluding carboxylic acids is 1. The average molecular weight is 205 g/mol. The van der Waals surface area contributed by atoms with Crippen LogP contribution < -0.4 is 5.32 Å². The van der Waals surface area contributed by atoms with Gasteiger partial charge in [-0.1, -0.05) is 0 Å². The molecule has 1 unspecified atom stereocenters. The molecule has 1 heterocycles. The summed E-state index contributed by atoms with van der Waals surface area (Å²) < 4.78 is 0. The maximum absolute atomic E-state index is 10.9. The highest BCUT2D eigenvalue weighted by molar-refractivity contribution is 6.27. The van der Waals surface area contributed by atoms with E-state index in [1.807, 2.05) is 0 Å². The van der Waals surface area contributed by atoms with Gasteiger partial charge in [0.25, 0.3) is 0 Å². The van der Waals surface area contributed by atoms with Crippen LogP contribution in [0.15, 0.2) is 0 Å². The second kappa shape index (κ2) is 5.45. The van der Waals surface area contributed by atoms with Crippen molar-refractivity contribution in [3.05, 3.63) is 0 Å². The van der Waals surface area contributed by atoms with E-state index >= 15 is 0 Å². The minimum absolute atomic E-state index is 0.0622. The third-order valence-corrected chi connectivity index (χ3v) is 2.72. The summed E-state index contributed by atoms with van der Waals surface area (Å²) in [5.41, 5.74) is 0. The van der Waals surface area contributed by atoms with Gasteiger partial charge in [-0.25, -0.2) is 0 Å². The fraction of sp³-hybridized carbons (Fsp3) is 0.889. The predicted octanol–water partition coefficient (Wildman–Crippen LogP) is 0.826. The molecule has 0 aromatic carbocycles. The quantitative estimate of drug-likeness (QED) is 0.688. The molecule has 1 atom stereocenters. The third kappa shape index (κ3) is 3.53. The van der Waals surface area contributed by atoms with Crippen LogP contribution >= 0.6 is 11.6 Å². The molecule has 76 valence electrons. The van der Waals surface area contributed by atoms with Crippen molar-refractivity contribution in [1.82, 2.24) is 10.2 Å². The Kier molecular flexibility index (Phi) is 4.53. The SMILES string of the molecule is CC(CNC(=O)CCl)N1CCCC1. The van der Waals surface area contributed by atoms with E-state index < -0.39 is 0 Å². The van der Waals surface area contributed by atoms with Crippen molar-refractivity contribution in [1.29, 1.82) is 0 Å². The highest BCUT2D eigenvalue weighted by atomic mass is 35.5. The maximum atomic E-state index is 10.9. The smallest absolute Gasteiger partial charge is 0.234 e. The number of hydrogen-bond acceptors (Lipinski definition) is 2. The Labute approximate surface area is 84.4 Å². The number of carbonyl (C=O) groups is 1. The van der Waals surface area contributed by atoms with Gasteiger partial charge >= 0.3 is 0 Å². The van der Waals surface area contributed by atoms with Gasteiger partial charge in [-0.3, -0.25) is 9.69 Å². The zero-order valence-electron chi connectivity index (χ0n) is 8.05. The van der Waals surface area contributed by atoms with Crippen LogP contribution in [0, 0.1) is 0 Å². The van der Waals surface area contributed by atoms with E-state index in [9.17, 15) is 4.79 Å². The Morgan fingerprint density at radius 2 is 2.15 bits per heavy atom. The molecule has 1 amide bonds. The van der Waals surface area contributed by atoms with Crippen LogP contribution in [-0.4, -0.2) is 42.4 Å². The molecule has 4 heteroatoms. The summed E-state index contributed by atoms with van der Waals surface area (Å²) >= 11 is 5.37. The minimum atomic E-state index is -0.0762. The van der Waals surface area contributed by atoms with Crippen LogP contribution in [0.1, 0.15) is 19.8 Å². The van der Waals surface area contributed by atoms with Gasteiger partial charge in [0.1, 0.15) is 5.88 Å². The molecule has 1 saturated heterocycles. The van der Waals surface area contributed by atoms with E-state index in [4.69, 9.17) is 11.6 Å². The molecule has 1 rings (SSSR count). The largest absolute Gasteiger partial charge is 0.354 e. The van der Waals surface area contributed by atoms with Crippen LogP contribution in [0.4, 0.5) is 0 Å². The Morgan fingerprint density at radius 1 is 1.54 bits per heavy atom. The zero-order chi connectivity index (χ0) is 9.68. The molecule has 0 bridgehead atoms. The third-order valence-electron chi connectivity index (χ3n) is 2.48.